The summed E-state index contributed by atoms with van der Waals surface area (Å²) in [5, 5.41) is 1.98. The van der Waals surface area contributed by atoms with Crippen LogP contribution in [0.4, 0.5) is 5.69 Å². The highest BCUT2D eigenvalue weighted by Crippen LogP contribution is 2.39. The van der Waals surface area contributed by atoms with Crippen molar-refractivity contribution in [2.24, 2.45) is 0 Å². The molecule has 1 aromatic carbocycles. The van der Waals surface area contributed by atoms with Crippen LogP contribution in [0.15, 0.2) is 53.7 Å². The summed E-state index contributed by atoms with van der Waals surface area (Å²) >= 11 is 1.28. The maximum Gasteiger partial charge on any atom is 0.250 e. The van der Waals surface area contributed by atoms with Crippen molar-refractivity contribution in [1.82, 2.24) is 15.2 Å². The lowest BCUT2D eigenvalue weighted by Gasteiger charge is -2.34. The predicted molar refractivity (Wildman–Crippen MR) is 110 cm³/mol. The third-order valence-corrected chi connectivity index (χ3v) is 6.29. The van der Waals surface area contributed by atoms with Gasteiger partial charge in [0.15, 0.2) is 5.25 Å². The van der Waals surface area contributed by atoms with Crippen LogP contribution in [0.3, 0.4) is 0 Å². The van der Waals surface area contributed by atoms with Gasteiger partial charge < -0.3 is 15.1 Å². The number of fused-ring (bicyclic) bond motifs is 1. The molecule has 3 heterocycles. The van der Waals surface area contributed by atoms with Gasteiger partial charge in [-0.2, -0.15) is 0 Å². The molecule has 3 amide bonds. The molecule has 8 heteroatoms. The maximum atomic E-state index is 13.2. The highest BCUT2D eigenvalue weighted by molar-refractivity contribution is 8.01. The van der Waals surface area contributed by atoms with Gasteiger partial charge in [-0.15, -0.1) is 11.8 Å². The standard InChI is InChI=1S/C21H22N4O3S/c26-18(23-13-15-6-5-9-22-12-15)14-25-16-7-1-2-8-17(16)29-19(21(25)28)20(27)24-10-3-4-11-24/h1-2,5-9,12,19H,3-4,10-11,13-14H2,(H,23,26). The van der Waals surface area contributed by atoms with E-state index in [-0.39, 0.29) is 24.3 Å². The summed E-state index contributed by atoms with van der Waals surface area (Å²) in [6.07, 6.45) is 5.29. The lowest BCUT2D eigenvalue weighted by molar-refractivity contribution is -0.134. The van der Waals surface area contributed by atoms with E-state index < -0.39 is 5.25 Å². The highest BCUT2D eigenvalue weighted by Gasteiger charge is 2.41. The second-order valence-corrected chi connectivity index (χ2v) is 8.21. The summed E-state index contributed by atoms with van der Waals surface area (Å²) in [4.78, 5) is 46.7. The van der Waals surface area contributed by atoms with Crippen molar-refractivity contribution in [2.45, 2.75) is 29.5 Å². The van der Waals surface area contributed by atoms with Crippen LogP contribution >= 0.6 is 11.8 Å². The van der Waals surface area contributed by atoms with Crippen molar-refractivity contribution < 1.29 is 14.4 Å². The lowest BCUT2D eigenvalue weighted by Crippen LogP contribution is -2.51. The number of anilines is 1. The average molecular weight is 410 g/mol. The Bertz CT molecular complexity index is 915. The van der Waals surface area contributed by atoms with E-state index >= 15 is 0 Å². The minimum absolute atomic E-state index is 0.125. The number of likely N-dealkylation sites (tertiary alicyclic amines) is 1. The Morgan fingerprint density at radius 2 is 1.93 bits per heavy atom. The highest BCUT2D eigenvalue weighted by atomic mass is 32.2. The third-order valence-electron chi connectivity index (χ3n) is 5.05. The van der Waals surface area contributed by atoms with Crippen molar-refractivity contribution in [3.8, 4) is 0 Å². The Hall–Kier alpha value is -2.87. The number of pyridine rings is 1. The smallest absolute Gasteiger partial charge is 0.250 e. The molecule has 0 bridgehead atoms. The third kappa shape index (κ3) is 4.27. The van der Waals surface area contributed by atoms with Crippen molar-refractivity contribution >= 4 is 35.2 Å². The molecule has 1 atom stereocenters. The molecule has 0 radical (unpaired) electrons. The van der Waals surface area contributed by atoms with Gasteiger partial charge in [-0.25, -0.2) is 0 Å². The molecule has 4 rings (SSSR count). The Balaban J connectivity index is 1.50. The summed E-state index contributed by atoms with van der Waals surface area (Å²) in [5.41, 5.74) is 1.55. The normalized spacial score (nSPS) is 18.5. The number of aromatic nitrogens is 1. The van der Waals surface area contributed by atoms with E-state index in [2.05, 4.69) is 10.3 Å². The van der Waals surface area contributed by atoms with Crippen LogP contribution < -0.4 is 10.2 Å². The van der Waals surface area contributed by atoms with E-state index in [0.717, 1.165) is 23.3 Å². The summed E-state index contributed by atoms with van der Waals surface area (Å²) in [6, 6.07) is 11.1. The van der Waals surface area contributed by atoms with E-state index in [1.165, 1.54) is 16.7 Å². The van der Waals surface area contributed by atoms with E-state index in [1.807, 2.05) is 30.3 Å². The minimum Gasteiger partial charge on any atom is -0.350 e. The first kappa shape index (κ1) is 19.4. The van der Waals surface area contributed by atoms with E-state index in [9.17, 15) is 14.4 Å². The first-order valence-corrected chi connectivity index (χ1v) is 10.5. The van der Waals surface area contributed by atoms with Crippen LogP contribution in [0.2, 0.25) is 0 Å². The Labute approximate surface area is 173 Å². The number of nitrogens with zero attached hydrogens (tertiary/aromatic N) is 3. The van der Waals surface area contributed by atoms with Crippen molar-refractivity contribution in [1.29, 1.82) is 0 Å². The molecule has 1 N–H and O–H groups in total. The van der Waals surface area contributed by atoms with Crippen molar-refractivity contribution in [2.75, 3.05) is 24.5 Å². The molecule has 2 aromatic rings. The zero-order valence-electron chi connectivity index (χ0n) is 15.9. The van der Waals surface area contributed by atoms with Gasteiger partial charge in [-0.3, -0.25) is 19.4 Å². The van der Waals surface area contributed by atoms with Gasteiger partial charge in [0.1, 0.15) is 6.54 Å². The fourth-order valence-electron chi connectivity index (χ4n) is 3.54. The minimum atomic E-state index is -0.839. The molecule has 2 aliphatic rings. The molecule has 1 unspecified atom stereocenters. The molecule has 1 aromatic heterocycles. The van der Waals surface area contributed by atoms with Gasteiger partial charge in [0.05, 0.1) is 5.69 Å². The summed E-state index contributed by atoms with van der Waals surface area (Å²) in [5.74, 6) is -0.772. The van der Waals surface area contributed by atoms with Gasteiger partial charge in [0, 0.05) is 36.9 Å². The Morgan fingerprint density at radius 1 is 1.14 bits per heavy atom. The SMILES string of the molecule is O=C(CN1C(=O)C(C(=O)N2CCCC2)Sc2ccccc21)NCc1cccnc1. The maximum absolute atomic E-state index is 13.2. The first-order chi connectivity index (χ1) is 14.1. The monoisotopic (exact) mass is 410 g/mol. The van der Waals surface area contributed by atoms with Gasteiger partial charge in [0.2, 0.25) is 11.8 Å². The molecular formula is C21H22N4O3S. The fraction of sp³-hybridized carbons (Fsp3) is 0.333. The largest absolute Gasteiger partial charge is 0.350 e. The van der Waals surface area contributed by atoms with Gasteiger partial charge in [-0.1, -0.05) is 18.2 Å². The second-order valence-electron chi connectivity index (χ2n) is 7.06. The van der Waals surface area contributed by atoms with Crippen LogP contribution in [0.25, 0.3) is 0 Å². The number of hydrogen-bond acceptors (Lipinski definition) is 5. The number of thioether (sulfide) groups is 1. The molecule has 1 saturated heterocycles. The average Bonchev–Trinajstić information content (AvgIpc) is 3.29. The lowest BCUT2D eigenvalue weighted by atomic mass is 10.2. The topological polar surface area (TPSA) is 82.6 Å². The summed E-state index contributed by atoms with van der Waals surface area (Å²) in [6.45, 7) is 1.59. The van der Waals surface area contributed by atoms with Crippen LogP contribution in [-0.2, 0) is 20.9 Å². The number of carbonyl (C=O) groups excluding carboxylic acids is 3. The quantitative estimate of drug-likeness (QED) is 0.761. The van der Waals surface area contributed by atoms with E-state index in [4.69, 9.17) is 0 Å². The first-order valence-electron chi connectivity index (χ1n) is 9.65. The molecule has 0 aliphatic carbocycles. The molecule has 150 valence electrons. The number of hydrogen-bond donors (Lipinski definition) is 1. The number of nitrogens with one attached hydrogen (secondary N) is 1. The molecular weight excluding hydrogens is 388 g/mol. The van der Waals surface area contributed by atoms with Crippen LogP contribution in [0.5, 0.6) is 0 Å². The molecule has 29 heavy (non-hydrogen) atoms. The summed E-state index contributed by atoms with van der Waals surface area (Å²) in [7, 11) is 0. The Kier molecular flexibility index (Phi) is 5.80. The van der Waals surface area contributed by atoms with E-state index in [0.29, 0.717) is 25.3 Å². The van der Waals surface area contributed by atoms with Gasteiger partial charge in [0.25, 0.3) is 5.91 Å². The number of benzene rings is 1. The van der Waals surface area contributed by atoms with Crippen LogP contribution in [-0.4, -0.2) is 52.5 Å². The number of amides is 3. The molecule has 0 saturated carbocycles. The molecule has 7 nitrogen and oxygen atoms in total. The summed E-state index contributed by atoms with van der Waals surface area (Å²) < 4.78 is 0. The molecule has 2 aliphatic heterocycles. The van der Waals surface area contributed by atoms with Gasteiger partial charge >= 0.3 is 0 Å². The van der Waals surface area contributed by atoms with E-state index in [1.54, 1.807) is 23.4 Å². The molecule has 1 fully saturated rings. The van der Waals surface area contributed by atoms with Gasteiger partial charge in [-0.05, 0) is 36.6 Å². The molecule has 0 spiro atoms. The fourth-order valence-corrected chi connectivity index (χ4v) is 4.73. The number of carbonyl (C=O) groups is 3. The van der Waals surface area contributed by atoms with Crippen LogP contribution in [0, 0.1) is 0 Å². The zero-order valence-corrected chi connectivity index (χ0v) is 16.7. The predicted octanol–water partition coefficient (Wildman–Crippen LogP) is 1.83. The van der Waals surface area contributed by atoms with Crippen molar-refractivity contribution in [3.63, 3.8) is 0 Å². The van der Waals surface area contributed by atoms with Crippen LogP contribution in [0.1, 0.15) is 18.4 Å². The number of rotatable bonds is 5. The number of para-hydroxylation sites is 1. The van der Waals surface area contributed by atoms with Crippen molar-refractivity contribution in [3.05, 3.63) is 54.4 Å². The second kappa shape index (κ2) is 8.65. The Morgan fingerprint density at radius 3 is 2.69 bits per heavy atom. The zero-order chi connectivity index (χ0) is 20.2.